The molecule has 0 heterocycles. The van der Waals surface area contributed by atoms with E-state index in [1.165, 1.54) is 70.4 Å². The molecular weight excluding hydrogens is 687 g/mol. The fourth-order valence-electron chi connectivity index (χ4n) is 7.33. The minimum atomic E-state index is -0.682. The Morgan fingerprint density at radius 1 is 0.296 bits per heavy atom. The maximum Gasteiger partial charge on any atom is -0.00732 e. The molecule has 8 aromatic rings. The van der Waals surface area contributed by atoms with Crippen molar-refractivity contribution in [2.75, 3.05) is 0 Å². The molecule has 2 heteroatoms. The Morgan fingerprint density at radius 3 is 1.06 bits per heavy atom. The zero-order valence-electron chi connectivity index (χ0n) is 30.5. The molecule has 0 nitrogen and oxygen atoms in total. The van der Waals surface area contributed by atoms with E-state index < -0.39 is 15.8 Å². The highest BCUT2D eigenvalue weighted by Gasteiger charge is 2.19. The lowest BCUT2D eigenvalue weighted by Crippen LogP contribution is -2.20. The second kappa shape index (κ2) is 17.0. The van der Waals surface area contributed by atoms with Crippen LogP contribution in [0.4, 0.5) is 0 Å². The molecule has 0 amide bonds. The summed E-state index contributed by atoms with van der Waals surface area (Å²) < 4.78 is 0. The Kier molecular flexibility index (Phi) is 11.1. The Hall–Kier alpha value is -5.64. The average molecular weight is 729 g/mol. The summed E-state index contributed by atoms with van der Waals surface area (Å²) in [6.07, 6.45) is 0.923. The van der Waals surface area contributed by atoms with Crippen molar-refractivity contribution >= 4 is 58.4 Å². The molecule has 0 fully saturated rings. The molecule has 0 spiro atoms. The maximum absolute atomic E-state index is 2.36. The van der Waals surface area contributed by atoms with Gasteiger partial charge in [0.05, 0.1) is 0 Å². The van der Waals surface area contributed by atoms with Gasteiger partial charge in [-0.05, 0) is 92.7 Å². The van der Waals surface area contributed by atoms with Crippen LogP contribution in [0.1, 0.15) is 12.5 Å². The number of rotatable bonds is 9. The maximum atomic E-state index is 2.36. The fourth-order valence-corrected chi connectivity index (χ4v) is 11.9. The van der Waals surface area contributed by atoms with Crippen LogP contribution in [-0.2, 0) is 6.42 Å². The highest BCUT2D eigenvalue weighted by molar-refractivity contribution is 7.80. The summed E-state index contributed by atoms with van der Waals surface area (Å²) in [5, 5.41) is 10.6. The van der Waals surface area contributed by atoms with Crippen LogP contribution in [0.3, 0.4) is 0 Å². The SMILES string of the molecule is CCc1cccccc(-c2ccc(P(c3ccccc3)c3ccccc3)cc2)c2ccccc2c1-c1ccc(P(c2ccccc2)c2ccccc2)cc1. The second-order valence-corrected chi connectivity index (χ2v) is 17.7. The summed E-state index contributed by atoms with van der Waals surface area (Å²) in [4.78, 5) is 0. The number of hydrogen-bond acceptors (Lipinski definition) is 0. The summed E-state index contributed by atoms with van der Waals surface area (Å²) in [5.74, 6) is 0. The van der Waals surface area contributed by atoms with Crippen LogP contribution in [0.25, 0.3) is 33.0 Å². The predicted octanol–water partition coefficient (Wildman–Crippen LogP) is 11.4. The molecule has 0 saturated carbocycles. The third-order valence-electron chi connectivity index (χ3n) is 9.88. The summed E-state index contributed by atoms with van der Waals surface area (Å²) in [5.41, 5.74) is 6.27. The van der Waals surface area contributed by atoms with E-state index in [9.17, 15) is 0 Å². The minimum Gasteiger partial charge on any atom is -0.0622 e. The largest absolute Gasteiger partial charge is 0.0622 e. The average Bonchev–Trinajstić information content (AvgIpc) is 3.24. The van der Waals surface area contributed by atoms with Gasteiger partial charge in [-0.15, -0.1) is 0 Å². The molecule has 260 valence electrons. The van der Waals surface area contributed by atoms with E-state index in [1.54, 1.807) is 0 Å². The van der Waals surface area contributed by atoms with Crippen molar-refractivity contribution in [3.05, 3.63) is 230 Å². The van der Waals surface area contributed by atoms with Gasteiger partial charge in [0.2, 0.25) is 0 Å². The zero-order chi connectivity index (χ0) is 36.5. The van der Waals surface area contributed by atoms with Crippen molar-refractivity contribution in [2.24, 2.45) is 0 Å². The third kappa shape index (κ3) is 7.69. The van der Waals surface area contributed by atoms with E-state index in [0.29, 0.717) is 0 Å². The zero-order valence-corrected chi connectivity index (χ0v) is 32.3. The van der Waals surface area contributed by atoms with Gasteiger partial charge in [-0.2, -0.15) is 0 Å². The molecule has 0 atom stereocenters. The first kappa shape index (κ1) is 35.4. The molecule has 0 aliphatic carbocycles. The van der Waals surface area contributed by atoms with Gasteiger partial charge in [-0.1, -0.05) is 231 Å². The Labute approximate surface area is 322 Å². The van der Waals surface area contributed by atoms with E-state index in [2.05, 4.69) is 231 Å². The van der Waals surface area contributed by atoms with Crippen LogP contribution in [-0.4, -0.2) is 0 Å². The minimum absolute atomic E-state index is 0.678. The van der Waals surface area contributed by atoms with Crippen molar-refractivity contribution in [2.45, 2.75) is 13.3 Å². The van der Waals surface area contributed by atoms with Gasteiger partial charge in [0.1, 0.15) is 0 Å². The van der Waals surface area contributed by atoms with E-state index in [1.807, 2.05) is 0 Å². The molecule has 0 aliphatic heterocycles. The van der Waals surface area contributed by atoms with Crippen molar-refractivity contribution in [1.29, 1.82) is 0 Å². The van der Waals surface area contributed by atoms with Gasteiger partial charge >= 0.3 is 0 Å². The summed E-state index contributed by atoms with van der Waals surface area (Å²) in [6.45, 7) is 2.27. The molecule has 54 heavy (non-hydrogen) atoms. The van der Waals surface area contributed by atoms with Gasteiger partial charge in [0, 0.05) is 0 Å². The predicted molar refractivity (Wildman–Crippen MR) is 239 cm³/mol. The number of hydrogen-bond donors (Lipinski definition) is 0. The fraction of sp³-hybridized carbons (Fsp3) is 0.0385. The van der Waals surface area contributed by atoms with E-state index in [4.69, 9.17) is 0 Å². The molecule has 0 aliphatic rings. The van der Waals surface area contributed by atoms with Crippen LogP contribution < -0.4 is 31.8 Å². The molecule has 0 radical (unpaired) electrons. The number of aryl methyl sites for hydroxylation is 1. The summed E-state index contributed by atoms with van der Waals surface area (Å²) >= 11 is 0. The number of fused-ring (bicyclic) bond motifs is 1. The van der Waals surface area contributed by atoms with E-state index >= 15 is 0 Å². The standard InChI is InChI=1S/C52H42P2/c1-2-40-20-8-3-17-29-49(41-32-36-47(37-33-41)53(43-21-9-4-10-22-43)44-23-11-5-12-24-44)50-30-18-19-31-51(50)52(40)42-34-38-48(39-35-42)54(45-25-13-6-14-26-45)46-27-15-7-16-28-46/h3-39H,2H2,1H3. The molecule has 0 unspecified atom stereocenters. The normalized spacial score (nSPS) is 11.1. The molecule has 8 aromatic carbocycles. The van der Waals surface area contributed by atoms with Crippen LogP contribution in [0, 0.1) is 0 Å². The van der Waals surface area contributed by atoms with Gasteiger partial charge in [-0.25, -0.2) is 0 Å². The van der Waals surface area contributed by atoms with Crippen LogP contribution in [0.15, 0.2) is 224 Å². The molecule has 0 aromatic heterocycles. The summed E-state index contributed by atoms with van der Waals surface area (Å²) in [6, 6.07) is 82.6. The quantitative estimate of drug-likeness (QED) is 0.130. The Morgan fingerprint density at radius 2 is 0.630 bits per heavy atom. The highest BCUT2D eigenvalue weighted by Crippen LogP contribution is 2.38. The lowest BCUT2D eigenvalue weighted by atomic mass is 9.92. The van der Waals surface area contributed by atoms with E-state index in [-0.39, 0.29) is 0 Å². The first-order valence-electron chi connectivity index (χ1n) is 18.7. The van der Waals surface area contributed by atoms with Crippen molar-refractivity contribution in [3.8, 4) is 22.3 Å². The lowest BCUT2D eigenvalue weighted by Gasteiger charge is -2.20. The molecular formula is C52H42P2. The van der Waals surface area contributed by atoms with Crippen molar-refractivity contribution in [1.82, 2.24) is 0 Å². The van der Waals surface area contributed by atoms with Gasteiger partial charge in [0.15, 0.2) is 0 Å². The molecule has 0 N–H and O–H groups in total. The molecule has 8 rings (SSSR count). The first-order valence-corrected chi connectivity index (χ1v) is 21.4. The smallest absolute Gasteiger partial charge is 0.00732 e. The van der Waals surface area contributed by atoms with Gasteiger partial charge in [-0.3, -0.25) is 0 Å². The van der Waals surface area contributed by atoms with Crippen LogP contribution >= 0.6 is 15.8 Å². The second-order valence-electron chi connectivity index (χ2n) is 13.2. The third-order valence-corrected chi connectivity index (χ3v) is 14.8. The highest BCUT2D eigenvalue weighted by atomic mass is 31.1. The Bertz CT molecular complexity index is 2420. The van der Waals surface area contributed by atoms with Gasteiger partial charge < -0.3 is 0 Å². The number of benzene rings is 7. The lowest BCUT2D eigenvalue weighted by molar-refractivity contribution is 1.15. The van der Waals surface area contributed by atoms with Crippen LogP contribution in [0.5, 0.6) is 0 Å². The van der Waals surface area contributed by atoms with E-state index in [0.717, 1.165) is 6.42 Å². The van der Waals surface area contributed by atoms with Crippen molar-refractivity contribution < 1.29 is 0 Å². The Balaban J connectivity index is 1.26. The topological polar surface area (TPSA) is 0 Å². The van der Waals surface area contributed by atoms with Crippen molar-refractivity contribution in [3.63, 3.8) is 0 Å². The molecule has 0 bridgehead atoms. The summed E-state index contributed by atoms with van der Waals surface area (Å²) in [7, 11) is -1.36. The first-order chi connectivity index (χ1) is 26.8. The van der Waals surface area contributed by atoms with Crippen LogP contribution in [0.2, 0.25) is 0 Å². The van der Waals surface area contributed by atoms with Gasteiger partial charge in [0.25, 0.3) is 0 Å². The molecule has 0 saturated heterocycles. The monoisotopic (exact) mass is 728 g/mol.